The number of benzene rings is 2. The molecule has 158 valence electrons. The number of halogens is 7. The van der Waals surface area contributed by atoms with Gasteiger partial charge in [0.25, 0.3) is 0 Å². The molecule has 2 aromatic rings. The highest BCUT2D eigenvalue weighted by Gasteiger charge is 2.73. The van der Waals surface area contributed by atoms with Crippen molar-refractivity contribution in [2.45, 2.75) is 44.7 Å². The maximum absolute atomic E-state index is 14.6. The predicted octanol–water partition coefficient (Wildman–Crippen LogP) is 5.87. The third-order valence-electron chi connectivity index (χ3n) is 4.70. The SMILES string of the molecule is CCc1cc(C(F)(C(F)(F)F)C(F)(F)F)cc(CC)c1-c1ccccc1C(N)=O. The Morgan fingerprint density at radius 2 is 1.31 bits per heavy atom. The third kappa shape index (κ3) is 3.82. The van der Waals surface area contributed by atoms with Crippen molar-refractivity contribution in [2.24, 2.45) is 5.73 Å². The zero-order chi connectivity index (χ0) is 22.2. The fourth-order valence-electron chi connectivity index (χ4n) is 3.27. The van der Waals surface area contributed by atoms with E-state index >= 15 is 0 Å². The minimum atomic E-state index is -6.20. The number of amides is 1. The van der Waals surface area contributed by atoms with E-state index in [1.54, 1.807) is 6.07 Å². The lowest BCUT2D eigenvalue weighted by Crippen LogP contribution is -2.50. The van der Waals surface area contributed by atoms with Crippen LogP contribution in [0.3, 0.4) is 0 Å². The number of carbonyl (C=O) groups is 1. The molecule has 0 saturated heterocycles. The molecule has 0 atom stereocenters. The third-order valence-corrected chi connectivity index (χ3v) is 4.70. The number of alkyl halides is 7. The minimum Gasteiger partial charge on any atom is -0.366 e. The normalized spacial score (nSPS) is 12.9. The van der Waals surface area contributed by atoms with E-state index in [1.807, 2.05) is 0 Å². The van der Waals surface area contributed by atoms with Gasteiger partial charge < -0.3 is 5.73 Å². The quantitative estimate of drug-likeness (QED) is 0.603. The standard InChI is InChI=1S/C20H18F7NO/c1-3-11-9-13(18(21,19(22,23)24)20(25,26)27)10-12(4-2)16(11)14-7-5-6-8-15(14)17(28)29/h5-10H,3-4H2,1-2H3,(H2,28,29). The van der Waals surface area contributed by atoms with Gasteiger partial charge in [0, 0.05) is 11.1 Å². The Balaban J connectivity index is 2.90. The zero-order valence-corrected chi connectivity index (χ0v) is 15.5. The fraction of sp³-hybridized carbons (Fsp3) is 0.350. The minimum absolute atomic E-state index is 0.00899. The zero-order valence-electron chi connectivity index (χ0n) is 15.5. The smallest absolute Gasteiger partial charge is 0.366 e. The van der Waals surface area contributed by atoms with Gasteiger partial charge in [-0.3, -0.25) is 4.79 Å². The first-order valence-corrected chi connectivity index (χ1v) is 8.67. The van der Waals surface area contributed by atoms with Gasteiger partial charge in [0.2, 0.25) is 5.91 Å². The first-order valence-electron chi connectivity index (χ1n) is 8.67. The molecule has 0 aromatic heterocycles. The van der Waals surface area contributed by atoms with Crippen LogP contribution in [-0.4, -0.2) is 18.3 Å². The second-order valence-electron chi connectivity index (χ2n) is 6.44. The van der Waals surface area contributed by atoms with Crippen molar-refractivity contribution in [1.29, 1.82) is 0 Å². The van der Waals surface area contributed by atoms with Crippen molar-refractivity contribution in [1.82, 2.24) is 0 Å². The van der Waals surface area contributed by atoms with Crippen LogP contribution in [0.4, 0.5) is 30.7 Å². The number of rotatable bonds is 5. The Labute approximate surface area is 162 Å². The van der Waals surface area contributed by atoms with Crippen LogP contribution in [0, 0.1) is 0 Å². The summed E-state index contributed by atoms with van der Waals surface area (Å²) >= 11 is 0. The highest BCUT2D eigenvalue weighted by Crippen LogP contribution is 2.54. The summed E-state index contributed by atoms with van der Waals surface area (Å²) in [6, 6.07) is 7.09. The van der Waals surface area contributed by atoms with Crippen molar-refractivity contribution >= 4 is 5.91 Å². The molecule has 2 aromatic carbocycles. The number of hydrogen-bond acceptors (Lipinski definition) is 1. The molecule has 9 heteroatoms. The van der Waals surface area contributed by atoms with E-state index in [9.17, 15) is 35.5 Å². The Morgan fingerprint density at radius 3 is 1.69 bits per heavy atom. The van der Waals surface area contributed by atoms with Crippen LogP contribution < -0.4 is 5.73 Å². The first kappa shape index (κ1) is 22.7. The van der Waals surface area contributed by atoms with Crippen molar-refractivity contribution in [3.63, 3.8) is 0 Å². The molecule has 2 rings (SSSR count). The highest BCUT2D eigenvalue weighted by atomic mass is 19.4. The molecule has 2 nitrogen and oxygen atoms in total. The van der Waals surface area contributed by atoms with Gasteiger partial charge in [-0.1, -0.05) is 44.2 Å². The predicted molar refractivity (Wildman–Crippen MR) is 94.0 cm³/mol. The maximum atomic E-state index is 14.6. The van der Waals surface area contributed by atoms with Gasteiger partial charge in [-0.15, -0.1) is 0 Å². The molecule has 0 bridgehead atoms. The number of hydrogen-bond donors (Lipinski definition) is 1. The average molecular weight is 421 g/mol. The van der Waals surface area contributed by atoms with Gasteiger partial charge in [0.1, 0.15) is 0 Å². The number of primary amides is 1. The lowest BCUT2D eigenvalue weighted by molar-refractivity contribution is -0.348. The topological polar surface area (TPSA) is 43.1 Å². The van der Waals surface area contributed by atoms with Crippen molar-refractivity contribution in [3.8, 4) is 11.1 Å². The molecular formula is C20H18F7NO. The summed E-state index contributed by atoms with van der Waals surface area (Å²) in [6.07, 6.45) is -12.4. The monoisotopic (exact) mass is 421 g/mol. The van der Waals surface area contributed by atoms with E-state index < -0.39 is 29.5 Å². The number of nitrogens with two attached hydrogens (primary N) is 1. The van der Waals surface area contributed by atoms with Crippen LogP contribution in [0.25, 0.3) is 11.1 Å². The first-order chi connectivity index (χ1) is 13.3. The molecular weight excluding hydrogens is 403 g/mol. The molecule has 0 spiro atoms. The molecule has 0 aliphatic rings. The van der Waals surface area contributed by atoms with Crippen LogP contribution in [-0.2, 0) is 18.5 Å². The van der Waals surface area contributed by atoms with E-state index in [2.05, 4.69) is 0 Å². The van der Waals surface area contributed by atoms with Gasteiger partial charge in [0.15, 0.2) is 0 Å². The van der Waals surface area contributed by atoms with Gasteiger partial charge >= 0.3 is 18.0 Å². The molecule has 29 heavy (non-hydrogen) atoms. The summed E-state index contributed by atoms with van der Waals surface area (Å²) in [7, 11) is 0. The van der Waals surface area contributed by atoms with Crippen LogP contribution in [0.2, 0.25) is 0 Å². The molecule has 0 unspecified atom stereocenters. The van der Waals surface area contributed by atoms with Crippen LogP contribution in [0.15, 0.2) is 36.4 Å². The van der Waals surface area contributed by atoms with E-state index in [4.69, 9.17) is 5.73 Å². The van der Waals surface area contributed by atoms with E-state index in [1.165, 1.54) is 32.0 Å². The summed E-state index contributed by atoms with van der Waals surface area (Å²) in [4.78, 5) is 11.7. The average Bonchev–Trinajstić information content (AvgIpc) is 2.64. The summed E-state index contributed by atoms with van der Waals surface area (Å²) < 4.78 is 93.8. The van der Waals surface area contributed by atoms with Crippen molar-refractivity contribution in [3.05, 3.63) is 58.7 Å². The lowest BCUT2D eigenvalue weighted by atomic mass is 9.83. The molecule has 0 heterocycles. The molecule has 0 radical (unpaired) electrons. The molecule has 0 aliphatic carbocycles. The maximum Gasteiger partial charge on any atom is 0.435 e. The van der Waals surface area contributed by atoms with Crippen molar-refractivity contribution in [2.75, 3.05) is 0 Å². The van der Waals surface area contributed by atoms with Gasteiger partial charge in [-0.05, 0) is 41.2 Å². The Hall–Kier alpha value is -2.58. The summed E-state index contributed by atoms with van der Waals surface area (Å²) in [6.45, 7) is 3.02. The Morgan fingerprint density at radius 1 is 0.862 bits per heavy atom. The van der Waals surface area contributed by atoms with Crippen molar-refractivity contribution < 1.29 is 35.5 Å². The number of aryl methyl sites for hydroxylation is 2. The van der Waals surface area contributed by atoms with Gasteiger partial charge in [-0.25, -0.2) is 4.39 Å². The Kier molecular flexibility index (Phi) is 6.02. The Bertz CT molecular complexity index is 877. The summed E-state index contributed by atoms with van der Waals surface area (Å²) in [5.74, 6) is -0.806. The van der Waals surface area contributed by atoms with Crippen LogP contribution in [0.1, 0.15) is 40.9 Å². The highest BCUT2D eigenvalue weighted by molar-refractivity contribution is 6.00. The van der Waals surface area contributed by atoms with Gasteiger partial charge in [0.05, 0.1) is 0 Å². The van der Waals surface area contributed by atoms with Crippen LogP contribution >= 0.6 is 0 Å². The molecule has 0 saturated carbocycles. The molecule has 1 amide bonds. The summed E-state index contributed by atoms with van der Waals surface area (Å²) in [5.41, 5.74) is -1.01. The summed E-state index contributed by atoms with van der Waals surface area (Å²) in [5, 5.41) is 0. The van der Waals surface area contributed by atoms with E-state index in [-0.39, 0.29) is 40.7 Å². The number of carbonyl (C=O) groups excluding carboxylic acids is 1. The lowest BCUT2D eigenvalue weighted by Gasteiger charge is -2.31. The van der Waals surface area contributed by atoms with Crippen LogP contribution in [0.5, 0.6) is 0 Å². The second-order valence-corrected chi connectivity index (χ2v) is 6.44. The van der Waals surface area contributed by atoms with Gasteiger partial charge in [-0.2, -0.15) is 26.3 Å². The molecule has 0 aliphatic heterocycles. The van der Waals surface area contributed by atoms with E-state index in [0.29, 0.717) is 12.1 Å². The largest absolute Gasteiger partial charge is 0.435 e. The molecule has 0 fully saturated rings. The van der Waals surface area contributed by atoms with E-state index in [0.717, 1.165) is 0 Å². The molecule has 2 N–H and O–H groups in total. The fourth-order valence-corrected chi connectivity index (χ4v) is 3.27. The second kappa shape index (κ2) is 7.68.